The van der Waals surface area contributed by atoms with E-state index in [1.807, 2.05) is 26.1 Å². The van der Waals surface area contributed by atoms with Gasteiger partial charge in [0.25, 0.3) is 0 Å². The van der Waals surface area contributed by atoms with Crippen LogP contribution in [0.1, 0.15) is 39.0 Å². The zero-order valence-corrected chi connectivity index (χ0v) is 8.59. The Morgan fingerprint density at radius 3 is 2.25 bits per heavy atom. The van der Waals surface area contributed by atoms with Gasteiger partial charge in [-0.1, -0.05) is 33.8 Å². The summed E-state index contributed by atoms with van der Waals surface area (Å²) in [7, 11) is 0. The predicted molar refractivity (Wildman–Crippen MR) is 54.3 cm³/mol. The lowest BCUT2D eigenvalue weighted by molar-refractivity contribution is 0.964. The maximum atomic E-state index is 4.27. The van der Waals surface area contributed by atoms with Crippen LogP contribution < -0.4 is 0 Å². The van der Waals surface area contributed by atoms with Gasteiger partial charge < -0.3 is 0 Å². The largest absolute Gasteiger partial charge is 0.261 e. The second-order valence-corrected chi connectivity index (χ2v) is 2.32. The summed E-state index contributed by atoms with van der Waals surface area (Å²) in [6.45, 7) is 8.30. The second kappa shape index (κ2) is 6.84. The van der Waals surface area contributed by atoms with Crippen molar-refractivity contribution in [2.45, 2.75) is 40.5 Å². The van der Waals surface area contributed by atoms with Gasteiger partial charge in [-0.15, -0.1) is 0 Å². The summed E-state index contributed by atoms with van der Waals surface area (Å²) >= 11 is 0. The van der Waals surface area contributed by atoms with Crippen LogP contribution in [0, 0.1) is 0 Å². The van der Waals surface area contributed by atoms with E-state index in [4.69, 9.17) is 0 Å². The minimum atomic E-state index is 1.05. The first-order chi connectivity index (χ1) is 5.88. The second-order valence-electron chi connectivity index (χ2n) is 2.32. The molecule has 1 aromatic rings. The molecule has 0 aliphatic heterocycles. The Kier molecular flexibility index (Phi) is 6.35. The van der Waals surface area contributed by atoms with Gasteiger partial charge in [-0.3, -0.25) is 4.98 Å². The number of nitrogens with zero attached hydrogens (tertiary/aromatic N) is 1. The van der Waals surface area contributed by atoms with Gasteiger partial charge in [-0.2, -0.15) is 0 Å². The van der Waals surface area contributed by atoms with Gasteiger partial charge in [-0.25, -0.2) is 0 Å². The van der Waals surface area contributed by atoms with E-state index in [2.05, 4.69) is 24.9 Å². The van der Waals surface area contributed by atoms with Crippen LogP contribution >= 0.6 is 0 Å². The summed E-state index contributed by atoms with van der Waals surface area (Å²) in [6.07, 6.45) is 4.00. The van der Waals surface area contributed by atoms with Crippen LogP contribution in [0.4, 0.5) is 0 Å². The molecule has 0 saturated heterocycles. The van der Waals surface area contributed by atoms with Gasteiger partial charge in [0.05, 0.1) is 0 Å². The van der Waals surface area contributed by atoms with E-state index in [0.29, 0.717) is 0 Å². The van der Waals surface area contributed by atoms with Crippen LogP contribution in [0.3, 0.4) is 0 Å². The van der Waals surface area contributed by atoms with Crippen molar-refractivity contribution in [1.82, 2.24) is 4.98 Å². The molecule has 0 unspecified atom stereocenters. The zero-order valence-electron chi connectivity index (χ0n) is 8.59. The lowest BCUT2D eigenvalue weighted by Crippen LogP contribution is -1.92. The number of hydrogen-bond donors (Lipinski definition) is 0. The van der Waals surface area contributed by atoms with E-state index >= 15 is 0 Å². The van der Waals surface area contributed by atoms with Crippen LogP contribution in [0.25, 0.3) is 0 Å². The summed E-state index contributed by atoms with van der Waals surface area (Å²) in [6, 6.07) is 4.14. The van der Waals surface area contributed by atoms with E-state index < -0.39 is 0 Å². The molecule has 0 saturated carbocycles. The number of aryl methyl sites for hydroxylation is 2. The maximum Gasteiger partial charge on any atom is 0.0432 e. The Labute approximate surface area is 75.8 Å². The molecule has 68 valence electrons. The van der Waals surface area contributed by atoms with Crippen LogP contribution in [-0.4, -0.2) is 4.98 Å². The van der Waals surface area contributed by atoms with Crippen LogP contribution in [0.2, 0.25) is 0 Å². The first-order valence-corrected chi connectivity index (χ1v) is 4.81. The van der Waals surface area contributed by atoms with E-state index in [-0.39, 0.29) is 0 Å². The third-order valence-electron chi connectivity index (χ3n) is 1.70. The molecule has 1 nitrogen and oxygen atoms in total. The number of pyridine rings is 1. The van der Waals surface area contributed by atoms with E-state index in [0.717, 1.165) is 12.8 Å². The summed E-state index contributed by atoms with van der Waals surface area (Å²) in [5, 5.41) is 0. The Hall–Kier alpha value is -0.850. The molecule has 0 spiro atoms. The van der Waals surface area contributed by atoms with Crippen molar-refractivity contribution >= 4 is 0 Å². The van der Waals surface area contributed by atoms with Crippen LogP contribution in [0.15, 0.2) is 18.3 Å². The summed E-state index contributed by atoms with van der Waals surface area (Å²) in [5.41, 5.74) is 2.62. The SMILES string of the molecule is CC.CCc1cccnc1CC. The minimum absolute atomic E-state index is 1.05. The molecule has 0 amide bonds. The lowest BCUT2D eigenvalue weighted by Gasteiger charge is -2.01. The van der Waals surface area contributed by atoms with Gasteiger partial charge in [0.1, 0.15) is 0 Å². The standard InChI is InChI=1S/C9H13N.C2H6/c1-3-8-6-5-7-10-9(8)4-2;1-2/h5-7H,3-4H2,1-2H3;1-2H3. The fourth-order valence-corrected chi connectivity index (χ4v) is 1.11. The van der Waals surface area contributed by atoms with E-state index in [1.54, 1.807) is 0 Å². The van der Waals surface area contributed by atoms with Gasteiger partial charge >= 0.3 is 0 Å². The van der Waals surface area contributed by atoms with Crippen molar-refractivity contribution in [1.29, 1.82) is 0 Å². The third-order valence-corrected chi connectivity index (χ3v) is 1.70. The van der Waals surface area contributed by atoms with Crippen LogP contribution in [-0.2, 0) is 12.8 Å². The summed E-state index contributed by atoms with van der Waals surface area (Å²) in [5.74, 6) is 0. The molecule has 1 aromatic heterocycles. The van der Waals surface area contributed by atoms with Crippen molar-refractivity contribution in [2.75, 3.05) is 0 Å². The quantitative estimate of drug-likeness (QED) is 0.655. The minimum Gasteiger partial charge on any atom is -0.261 e. The van der Waals surface area contributed by atoms with E-state index in [9.17, 15) is 0 Å². The Bertz CT molecular complexity index is 183. The molecule has 1 heteroatoms. The highest BCUT2D eigenvalue weighted by Gasteiger charge is 1.95. The number of rotatable bonds is 2. The maximum absolute atomic E-state index is 4.27. The zero-order chi connectivity index (χ0) is 9.40. The highest BCUT2D eigenvalue weighted by atomic mass is 14.7. The highest BCUT2D eigenvalue weighted by molar-refractivity contribution is 5.19. The van der Waals surface area contributed by atoms with Gasteiger partial charge in [0.2, 0.25) is 0 Å². The molecule has 0 aliphatic rings. The molecule has 0 N–H and O–H groups in total. The fraction of sp³-hybridized carbons (Fsp3) is 0.545. The molecular formula is C11H19N. The van der Waals surface area contributed by atoms with Gasteiger partial charge in [0, 0.05) is 11.9 Å². The third kappa shape index (κ3) is 3.04. The number of aromatic nitrogens is 1. The smallest absolute Gasteiger partial charge is 0.0432 e. The molecular weight excluding hydrogens is 146 g/mol. The van der Waals surface area contributed by atoms with Crippen molar-refractivity contribution in [3.05, 3.63) is 29.6 Å². The molecule has 0 aliphatic carbocycles. The molecule has 0 radical (unpaired) electrons. The normalized spacial score (nSPS) is 8.67. The average molecular weight is 165 g/mol. The van der Waals surface area contributed by atoms with Gasteiger partial charge in [0.15, 0.2) is 0 Å². The van der Waals surface area contributed by atoms with E-state index in [1.165, 1.54) is 11.3 Å². The topological polar surface area (TPSA) is 12.9 Å². The van der Waals surface area contributed by atoms with Crippen molar-refractivity contribution in [2.24, 2.45) is 0 Å². The number of hydrogen-bond acceptors (Lipinski definition) is 1. The van der Waals surface area contributed by atoms with Gasteiger partial charge in [-0.05, 0) is 24.5 Å². The predicted octanol–water partition coefficient (Wildman–Crippen LogP) is 3.23. The average Bonchev–Trinajstić information content (AvgIpc) is 2.20. The first kappa shape index (κ1) is 11.2. The van der Waals surface area contributed by atoms with Crippen molar-refractivity contribution in [3.8, 4) is 0 Å². The summed E-state index contributed by atoms with van der Waals surface area (Å²) < 4.78 is 0. The van der Waals surface area contributed by atoms with Crippen LogP contribution in [0.5, 0.6) is 0 Å². The molecule has 0 aromatic carbocycles. The van der Waals surface area contributed by atoms with Crippen molar-refractivity contribution in [3.63, 3.8) is 0 Å². The molecule has 0 atom stereocenters. The first-order valence-electron chi connectivity index (χ1n) is 4.81. The van der Waals surface area contributed by atoms with Crippen molar-refractivity contribution < 1.29 is 0 Å². The molecule has 1 rings (SSSR count). The molecule has 12 heavy (non-hydrogen) atoms. The Morgan fingerprint density at radius 1 is 1.17 bits per heavy atom. The molecule has 0 bridgehead atoms. The Balaban J connectivity index is 0.000000561. The molecule has 0 fully saturated rings. The Morgan fingerprint density at radius 2 is 1.83 bits per heavy atom. The molecule has 1 heterocycles. The lowest BCUT2D eigenvalue weighted by atomic mass is 10.1. The highest BCUT2D eigenvalue weighted by Crippen LogP contribution is 2.05. The summed E-state index contributed by atoms with van der Waals surface area (Å²) in [4.78, 5) is 4.27. The fourth-order valence-electron chi connectivity index (χ4n) is 1.11. The monoisotopic (exact) mass is 165 g/mol.